The largest absolute Gasteiger partial charge is 0.457 e. The van der Waals surface area contributed by atoms with E-state index in [0.29, 0.717) is 16.2 Å². The van der Waals surface area contributed by atoms with E-state index >= 15 is 0 Å². The fourth-order valence-corrected chi connectivity index (χ4v) is 4.73. The van der Waals surface area contributed by atoms with Crippen molar-refractivity contribution in [2.24, 2.45) is 0 Å². The minimum atomic E-state index is 0.544. The smallest absolute Gasteiger partial charge is 0.160 e. The Bertz CT molecular complexity index is 1460. The van der Waals surface area contributed by atoms with Crippen LogP contribution >= 0.6 is 27.5 Å². The molecule has 0 amide bonds. The van der Waals surface area contributed by atoms with Crippen molar-refractivity contribution in [1.29, 1.82) is 0 Å². The Morgan fingerprint density at radius 3 is 2.52 bits per heavy atom. The molecule has 0 unspecified atom stereocenters. The van der Waals surface area contributed by atoms with Gasteiger partial charge in [0, 0.05) is 16.2 Å². The van der Waals surface area contributed by atoms with Crippen LogP contribution < -0.4 is 10.2 Å². The first-order valence-electron chi connectivity index (χ1n) is 9.23. The van der Waals surface area contributed by atoms with Crippen molar-refractivity contribution in [3.63, 3.8) is 0 Å². The maximum Gasteiger partial charge on any atom is 0.160 e. The number of halogens is 2. The first kappa shape index (κ1) is 18.3. The molecule has 29 heavy (non-hydrogen) atoms. The minimum Gasteiger partial charge on any atom is -0.457 e. The molecule has 142 valence electrons. The molecule has 0 fully saturated rings. The summed E-state index contributed by atoms with van der Waals surface area (Å²) in [4.78, 5) is 0. The Hall–Kier alpha value is -2.75. The summed E-state index contributed by atoms with van der Waals surface area (Å²) in [6.45, 7) is 6.17. The maximum atomic E-state index is 6.41. The van der Waals surface area contributed by atoms with Crippen LogP contribution in [0.2, 0.25) is 5.02 Å². The third-order valence-corrected chi connectivity index (χ3v) is 6.03. The van der Waals surface area contributed by atoms with E-state index in [9.17, 15) is 0 Å². The molecule has 0 saturated heterocycles. The molecule has 1 aromatic heterocycles. The van der Waals surface area contributed by atoms with Crippen LogP contribution in [-0.2, 0) is 0 Å². The number of fused-ring (bicyclic) bond motifs is 2. The molecule has 0 saturated carbocycles. The fraction of sp³-hybridized carbons (Fsp3) is 0.0400. The van der Waals surface area contributed by atoms with Gasteiger partial charge in [-0.2, -0.15) is 0 Å². The number of rotatable bonds is 3. The van der Waals surface area contributed by atoms with E-state index in [4.69, 9.17) is 20.8 Å². The fourth-order valence-electron chi connectivity index (χ4n) is 3.96. The lowest BCUT2D eigenvalue weighted by molar-refractivity contribution is 0.485. The van der Waals surface area contributed by atoms with Crippen molar-refractivity contribution < 1.29 is 9.15 Å². The average molecular weight is 464 g/mol. The van der Waals surface area contributed by atoms with Gasteiger partial charge in [-0.3, -0.25) is 0 Å². The van der Waals surface area contributed by atoms with Gasteiger partial charge in [-0.15, -0.1) is 0 Å². The molecule has 0 atom stereocenters. The summed E-state index contributed by atoms with van der Waals surface area (Å²) in [5.74, 6) is 1.31. The van der Waals surface area contributed by atoms with E-state index in [2.05, 4.69) is 40.7 Å². The van der Waals surface area contributed by atoms with E-state index in [1.807, 2.05) is 55.5 Å². The molecule has 0 radical (unpaired) electrons. The van der Waals surface area contributed by atoms with E-state index in [1.165, 1.54) is 0 Å². The molecule has 0 aliphatic heterocycles. The normalized spacial score (nSPS) is 12.0. The highest BCUT2D eigenvalue weighted by molar-refractivity contribution is 9.10. The first-order chi connectivity index (χ1) is 14.1. The van der Waals surface area contributed by atoms with E-state index < -0.39 is 0 Å². The van der Waals surface area contributed by atoms with Crippen molar-refractivity contribution in [2.45, 2.75) is 6.92 Å². The van der Waals surface area contributed by atoms with Gasteiger partial charge < -0.3 is 9.15 Å². The van der Waals surface area contributed by atoms with E-state index in [-0.39, 0.29) is 0 Å². The summed E-state index contributed by atoms with van der Waals surface area (Å²) in [6, 6.07) is 17.8. The standard InChI is InChI=1S/C25H16BrClO2/c1-3-7-16-15-8-4-5-9-17(15)23-20(29-25-18(26)10-6-11-19(25)27)12-13-21-24(23)22(16)14(2)28-21/h3-13H,2H2,1H3/b7-3-. The summed E-state index contributed by atoms with van der Waals surface area (Å²) in [5, 5.41) is 5.78. The topological polar surface area (TPSA) is 22.4 Å². The van der Waals surface area contributed by atoms with Crippen molar-refractivity contribution in [2.75, 3.05) is 0 Å². The van der Waals surface area contributed by atoms with Gasteiger partial charge in [0.15, 0.2) is 5.75 Å². The second-order valence-corrected chi connectivity index (χ2v) is 8.09. The highest BCUT2D eigenvalue weighted by atomic mass is 79.9. The third kappa shape index (κ3) is 2.77. The molecular formula is C25H16BrClO2. The third-order valence-electron chi connectivity index (χ3n) is 5.11. The van der Waals surface area contributed by atoms with Crippen LogP contribution in [0.4, 0.5) is 0 Å². The number of para-hydroxylation sites is 1. The molecule has 5 rings (SSSR count). The average Bonchev–Trinajstić information content (AvgIpc) is 3.05. The monoisotopic (exact) mass is 462 g/mol. The number of furan rings is 1. The molecule has 0 aliphatic carbocycles. The molecule has 5 aromatic rings. The van der Waals surface area contributed by atoms with Crippen LogP contribution in [0, 0.1) is 0 Å². The summed E-state index contributed by atoms with van der Waals surface area (Å²) >= 11 is 9.95. The summed E-state index contributed by atoms with van der Waals surface area (Å²) in [7, 11) is 0. The molecule has 4 aromatic carbocycles. The molecule has 1 heterocycles. The molecule has 2 nitrogen and oxygen atoms in total. The van der Waals surface area contributed by atoms with Crippen molar-refractivity contribution in [3.8, 4) is 11.5 Å². The first-order valence-corrected chi connectivity index (χ1v) is 10.4. The molecule has 0 aliphatic rings. The zero-order valence-corrected chi connectivity index (χ0v) is 18.0. The summed E-state index contributed by atoms with van der Waals surface area (Å²) < 4.78 is 13.2. The maximum absolute atomic E-state index is 6.41. The number of benzene rings is 4. The zero-order valence-electron chi connectivity index (χ0n) is 15.6. The number of allylic oxidation sites excluding steroid dienone is 1. The highest BCUT2D eigenvalue weighted by Crippen LogP contribution is 2.44. The van der Waals surface area contributed by atoms with Gasteiger partial charge in [0.25, 0.3) is 0 Å². The molecule has 0 spiro atoms. The SMILES string of the molecule is C=c1oc2ccc(Oc3c(Cl)cccc3Br)c3c4ccccc4c(/C=C\C)c1c23. The molecule has 0 bridgehead atoms. The summed E-state index contributed by atoms with van der Waals surface area (Å²) in [6.07, 6.45) is 4.15. The van der Waals surface area contributed by atoms with Crippen LogP contribution in [0.5, 0.6) is 11.5 Å². The van der Waals surface area contributed by atoms with Crippen LogP contribution in [0.1, 0.15) is 12.5 Å². The summed E-state index contributed by atoms with van der Waals surface area (Å²) in [5.41, 5.74) is 2.55. The Morgan fingerprint density at radius 2 is 1.76 bits per heavy atom. The predicted molar refractivity (Wildman–Crippen MR) is 126 cm³/mol. The van der Waals surface area contributed by atoms with Gasteiger partial charge in [0.1, 0.15) is 16.7 Å². The van der Waals surface area contributed by atoms with Crippen molar-refractivity contribution >= 4 is 72.7 Å². The Morgan fingerprint density at radius 1 is 0.966 bits per heavy atom. The van der Waals surface area contributed by atoms with Gasteiger partial charge in [0.05, 0.1) is 9.50 Å². The van der Waals surface area contributed by atoms with Crippen LogP contribution in [0.25, 0.3) is 45.2 Å². The lowest BCUT2D eigenvalue weighted by Gasteiger charge is -2.15. The second kappa shape index (κ2) is 6.94. The van der Waals surface area contributed by atoms with Gasteiger partial charge in [0.2, 0.25) is 0 Å². The quantitative estimate of drug-likeness (QED) is 0.252. The molecular weight excluding hydrogens is 448 g/mol. The van der Waals surface area contributed by atoms with Gasteiger partial charge in [-0.05, 0) is 63.5 Å². The van der Waals surface area contributed by atoms with Crippen molar-refractivity contribution in [1.82, 2.24) is 0 Å². The Labute approximate surface area is 181 Å². The van der Waals surface area contributed by atoms with E-state index in [1.54, 1.807) is 0 Å². The lowest BCUT2D eigenvalue weighted by atomic mass is 9.93. The lowest BCUT2D eigenvalue weighted by Crippen LogP contribution is -1.96. The van der Waals surface area contributed by atoms with Crippen LogP contribution in [0.15, 0.2) is 69.6 Å². The predicted octanol–water partition coefficient (Wildman–Crippen LogP) is 8.11. The number of hydrogen-bond acceptors (Lipinski definition) is 2. The second-order valence-electron chi connectivity index (χ2n) is 6.82. The van der Waals surface area contributed by atoms with Crippen LogP contribution in [-0.4, -0.2) is 0 Å². The van der Waals surface area contributed by atoms with Crippen LogP contribution in [0.3, 0.4) is 0 Å². The van der Waals surface area contributed by atoms with E-state index in [0.717, 1.165) is 48.3 Å². The minimum absolute atomic E-state index is 0.544. The van der Waals surface area contributed by atoms with Crippen molar-refractivity contribution in [3.05, 3.63) is 81.1 Å². The number of hydrogen-bond donors (Lipinski definition) is 0. The van der Waals surface area contributed by atoms with Gasteiger partial charge in [-0.25, -0.2) is 0 Å². The van der Waals surface area contributed by atoms with Gasteiger partial charge >= 0.3 is 0 Å². The Kier molecular flexibility index (Phi) is 4.38. The van der Waals surface area contributed by atoms with Gasteiger partial charge in [-0.1, -0.05) is 60.7 Å². The Balaban J connectivity index is 1.95. The highest BCUT2D eigenvalue weighted by Gasteiger charge is 2.20. The molecule has 0 N–H and O–H groups in total. The number of ether oxygens (including phenoxy) is 1. The molecule has 4 heteroatoms. The zero-order chi connectivity index (χ0) is 20.1.